The standard InChI is InChI=1S/C30H28FN5O3/c1-18(20-7-3-2-4-8-20)32-30(39)36-17-21-15-22(36)16-35(21)29(38)25-13-19(11-12-26(25)31)14-27-23-9-5-6-10-24(23)28(37)34-33-27/h2-13,18,21-22H,14-17H2,1H3,(H,32,39)(H,34,37)/t18-,21+,22+/m0/s1. The highest BCUT2D eigenvalue weighted by atomic mass is 19.1. The third-order valence-electron chi connectivity index (χ3n) is 7.81. The van der Waals surface area contributed by atoms with Crippen molar-refractivity contribution in [2.45, 2.75) is 37.9 Å². The largest absolute Gasteiger partial charge is 0.332 e. The fourth-order valence-corrected chi connectivity index (χ4v) is 5.76. The molecule has 2 aliphatic rings. The molecule has 4 aromatic rings. The Hall–Kier alpha value is -4.53. The number of nitrogens with one attached hydrogen (secondary N) is 2. The number of amides is 3. The van der Waals surface area contributed by atoms with Crippen LogP contribution < -0.4 is 10.9 Å². The Bertz CT molecular complexity index is 1620. The van der Waals surface area contributed by atoms with Crippen LogP contribution in [0.5, 0.6) is 0 Å². The lowest BCUT2D eigenvalue weighted by atomic mass is 10.0. The lowest BCUT2D eigenvalue weighted by Crippen LogP contribution is -2.53. The molecule has 3 heterocycles. The van der Waals surface area contributed by atoms with Gasteiger partial charge in [0.1, 0.15) is 5.82 Å². The summed E-state index contributed by atoms with van der Waals surface area (Å²) in [6, 6.07) is 20.9. The van der Waals surface area contributed by atoms with Gasteiger partial charge in [0.25, 0.3) is 11.5 Å². The lowest BCUT2D eigenvalue weighted by molar-refractivity contribution is 0.0645. The molecule has 39 heavy (non-hydrogen) atoms. The first-order chi connectivity index (χ1) is 18.9. The van der Waals surface area contributed by atoms with E-state index in [1.165, 1.54) is 6.07 Å². The van der Waals surface area contributed by atoms with E-state index in [2.05, 4.69) is 15.5 Å². The number of H-pyrrole nitrogens is 1. The smallest absolute Gasteiger partial charge is 0.318 e. The molecule has 0 spiro atoms. The van der Waals surface area contributed by atoms with Gasteiger partial charge in [-0.1, -0.05) is 54.6 Å². The van der Waals surface area contributed by atoms with E-state index in [1.807, 2.05) is 49.4 Å². The van der Waals surface area contributed by atoms with Gasteiger partial charge >= 0.3 is 6.03 Å². The van der Waals surface area contributed by atoms with Crippen molar-refractivity contribution < 1.29 is 14.0 Å². The number of aromatic amines is 1. The van der Waals surface area contributed by atoms with Crippen molar-refractivity contribution in [2.75, 3.05) is 13.1 Å². The average Bonchev–Trinajstić information content (AvgIpc) is 3.57. The number of likely N-dealkylation sites (tertiary alicyclic amines) is 2. The zero-order valence-corrected chi connectivity index (χ0v) is 21.4. The van der Waals surface area contributed by atoms with E-state index in [4.69, 9.17) is 0 Å². The highest BCUT2D eigenvalue weighted by Crippen LogP contribution is 2.33. The summed E-state index contributed by atoms with van der Waals surface area (Å²) < 4.78 is 14.9. The minimum Gasteiger partial charge on any atom is -0.332 e. The molecule has 8 nitrogen and oxygen atoms in total. The molecule has 2 fully saturated rings. The second kappa shape index (κ2) is 9.98. The zero-order chi connectivity index (χ0) is 27.1. The molecule has 198 valence electrons. The van der Waals surface area contributed by atoms with Gasteiger partial charge in [0.05, 0.1) is 34.8 Å². The molecule has 0 unspecified atom stereocenters. The fourth-order valence-electron chi connectivity index (χ4n) is 5.76. The summed E-state index contributed by atoms with van der Waals surface area (Å²) in [5.41, 5.74) is 2.10. The number of carbonyl (C=O) groups is 2. The molecule has 0 radical (unpaired) electrons. The zero-order valence-electron chi connectivity index (χ0n) is 21.4. The topological polar surface area (TPSA) is 98.4 Å². The lowest BCUT2D eigenvalue weighted by Gasteiger charge is -2.35. The van der Waals surface area contributed by atoms with Crippen LogP contribution in [0.25, 0.3) is 10.8 Å². The summed E-state index contributed by atoms with van der Waals surface area (Å²) in [4.78, 5) is 42.0. The van der Waals surface area contributed by atoms with Crippen molar-refractivity contribution in [2.24, 2.45) is 0 Å². The summed E-state index contributed by atoms with van der Waals surface area (Å²) in [7, 11) is 0. The van der Waals surface area contributed by atoms with Crippen LogP contribution in [-0.4, -0.2) is 57.1 Å². The highest BCUT2D eigenvalue weighted by Gasteiger charge is 2.47. The molecule has 3 amide bonds. The van der Waals surface area contributed by atoms with Crippen molar-refractivity contribution in [1.29, 1.82) is 0 Å². The van der Waals surface area contributed by atoms with E-state index in [0.29, 0.717) is 42.6 Å². The number of benzene rings is 3. The Morgan fingerprint density at radius 1 is 1.00 bits per heavy atom. The Morgan fingerprint density at radius 2 is 1.69 bits per heavy atom. The maximum absolute atomic E-state index is 14.9. The van der Waals surface area contributed by atoms with Crippen molar-refractivity contribution in [3.05, 3.63) is 111 Å². The number of hydrogen-bond acceptors (Lipinski definition) is 4. The second-order valence-corrected chi connectivity index (χ2v) is 10.3. The molecule has 2 N–H and O–H groups in total. The Kier molecular flexibility index (Phi) is 6.34. The first-order valence-electron chi connectivity index (χ1n) is 13.1. The Labute approximate surface area is 224 Å². The molecule has 0 saturated carbocycles. The van der Waals surface area contributed by atoms with Crippen LogP contribution in [0, 0.1) is 5.82 Å². The van der Waals surface area contributed by atoms with Gasteiger partial charge in [0.15, 0.2) is 0 Å². The number of fused-ring (bicyclic) bond motifs is 3. The molecular weight excluding hydrogens is 497 g/mol. The van der Waals surface area contributed by atoms with Crippen LogP contribution in [0.1, 0.15) is 46.6 Å². The van der Waals surface area contributed by atoms with Crippen molar-refractivity contribution in [3.8, 4) is 0 Å². The SMILES string of the molecule is C[C@H](NC(=O)N1C[C@H]2C[C@@H]1CN2C(=O)c1cc(Cc2n[nH]c(=O)c3ccccc23)ccc1F)c1ccccc1. The van der Waals surface area contributed by atoms with Crippen LogP contribution >= 0.6 is 0 Å². The first kappa shape index (κ1) is 24.8. The van der Waals surface area contributed by atoms with Crippen LogP contribution in [-0.2, 0) is 6.42 Å². The highest BCUT2D eigenvalue weighted by molar-refractivity contribution is 5.95. The molecule has 0 aliphatic carbocycles. The first-order valence-corrected chi connectivity index (χ1v) is 13.1. The van der Waals surface area contributed by atoms with Crippen LogP contribution in [0.15, 0.2) is 77.6 Å². The number of aromatic nitrogens is 2. The van der Waals surface area contributed by atoms with Gasteiger partial charge in [0.2, 0.25) is 0 Å². The molecule has 2 bridgehead atoms. The number of rotatable bonds is 5. The van der Waals surface area contributed by atoms with Crippen LogP contribution in [0.3, 0.4) is 0 Å². The van der Waals surface area contributed by atoms with E-state index >= 15 is 0 Å². The van der Waals surface area contributed by atoms with E-state index in [-0.39, 0.29) is 41.2 Å². The average molecular weight is 526 g/mol. The summed E-state index contributed by atoms with van der Waals surface area (Å²) in [6.45, 7) is 2.73. The van der Waals surface area contributed by atoms with Gasteiger partial charge in [-0.15, -0.1) is 0 Å². The maximum Gasteiger partial charge on any atom is 0.318 e. The van der Waals surface area contributed by atoms with Gasteiger partial charge in [-0.3, -0.25) is 9.59 Å². The fraction of sp³-hybridized carbons (Fsp3) is 0.267. The number of urea groups is 1. The minimum absolute atomic E-state index is 0.00230. The maximum atomic E-state index is 14.9. The third-order valence-corrected chi connectivity index (χ3v) is 7.81. The number of nitrogens with zero attached hydrogens (tertiary/aromatic N) is 3. The number of piperazine rings is 1. The molecule has 1 aromatic heterocycles. The van der Waals surface area contributed by atoms with Gasteiger partial charge in [-0.05, 0) is 42.7 Å². The van der Waals surface area contributed by atoms with Crippen LogP contribution in [0.4, 0.5) is 9.18 Å². The number of carbonyl (C=O) groups excluding carboxylic acids is 2. The molecule has 6 rings (SSSR count). The van der Waals surface area contributed by atoms with E-state index in [0.717, 1.165) is 10.9 Å². The normalized spacial score (nSPS) is 18.9. The third kappa shape index (κ3) is 4.65. The summed E-state index contributed by atoms with van der Waals surface area (Å²) in [5.74, 6) is -0.962. The van der Waals surface area contributed by atoms with Gasteiger partial charge < -0.3 is 15.1 Å². The minimum atomic E-state index is -0.586. The van der Waals surface area contributed by atoms with E-state index < -0.39 is 5.82 Å². The summed E-state index contributed by atoms with van der Waals surface area (Å²) >= 11 is 0. The molecular formula is C30H28FN5O3. The van der Waals surface area contributed by atoms with Crippen LogP contribution in [0.2, 0.25) is 0 Å². The summed E-state index contributed by atoms with van der Waals surface area (Å²) in [5, 5.41) is 11.0. The van der Waals surface area contributed by atoms with Gasteiger partial charge in [-0.2, -0.15) is 5.10 Å². The summed E-state index contributed by atoms with van der Waals surface area (Å²) in [6.07, 6.45) is 1.00. The predicted octanol–water partition coefficient (Wildman–Crippen LogP) is 4.02. The quantitative estimate of drug-likeness (QED) is 0.411. The number of hydrogen-bond donors (Lipinski definition) is 2. The Morgan fingerprint density at radius 3 is 2.44 bits per heavy atom. The van der Waals surface area contributed by atoms with Gasteiger partial charge in [0, 0.05) is 24.9 Å². The van der Waals surface area contributed by atoms with Crippen molar-refractivity contribution in [1.82, 2.24) is 25.3 Å². The Balaban J connectivity index is 1.15. The van der Waals surface area contributed by atoms with Crippen molar-refractivity contribution in [3.63, 3.8) is 0 Å². The van der Waals surface area contributed by atoms with E-state index in [9.17, 15) is 18.8 Å². The molecule has 9 heteroatoms. The molecule has 2 aliphatic heterocycles. The van der Waals surface area contributed by atoms with Crippen molar-refractivity contribution >= 4 is 22.7 Å². The second-order valence-electron chi connectivity index (χ2n) is 10.3. The van der Waals surface area contributed by atoms with Gasteiger partial charge in [-0.25, -0.2) is 14.3 Å². The monoisotopic (exact) mass is 525 g/mol. The molecule has 2 saturated heterocycles. The van der Waals surface area contributed by atoms with E-state index in [1.54, 1.807) is 34.1 Å². The molecule has 3 atom stereocenters. The molecule has 3 aromatic carbocycles. The predicted molar refractivity (Wildman–Crippen MR) is 145 cm³/mol. The number of halogens is 1.